The van der Waals surface area contributed by atoms with Crippen LogP contribution in [0.1, 0.15) is 17.3 Å². The Morgan fingerprint density at radius 2 is 1.48 bits per heavy atom. The van der Waals surface area contributed by atoms with Gasteiger partial charge in [0.2, 0.25) is 0 Å². The summed E-state index contributed by atoms with van der Waals surface area (Å²) in [6, 6.07) is 16.0. The van der Waals surface area contributed by atoms with Crippen LogP contribution < -0.4 is 20.1 Å². The van der Waals surface area contributed by atoms with E-state index in [0.29, 0.717) is 31.0 Å². The molecule has 0 heterocycles. The molecule has 2 aromatic carbocycles. The largest absolute Gasteiger partial charge is 0.494 e. The average Bonchev–Trinajstić information content (AvgIpc) is 2.65. The maximum absolute atomic E-state index is 12.0. The van der Waals surface area contributed by atoms with E-state index in [2.05, 4.69) is 10.6 Å². The lowest BCUT2D eigenvalue weighted by atomic mass is 10.2. The Bertz CT molecular complexity index is 672. The summed E-state index contributed by atoms with van der Waals surface area (Å²) >= 11 is 0. The second kappa shape index (κ2) is 9.97. The van der Waals surface area contributed by atoms with E-state index in [-0.39, 0.29) is 18.4 Å². The molecule has 0 saturated heterocycles. The molecular weight excluding hydrogens is 320 g/mol. The highest BCUT2D eigenvalue weighted by molar-refractivity contribution is 5.94. The van der Waals surface area contributed by atoms with Crippen LogP contribution in [0.15, 0.2) is 54.6 Å². The van der Waals surface area contributed by atoms with Gasteiger partial charge in [-0.1, -0.05) is 18.2 Å². The van der Waals surface area contributed by atoms with Crippen molar-refractivity contribution in [2.75, 3.05) is 26.3 Å². The van der Waals surface area contributed by atoms with Crippen LogP contribution in [-0.2, 0) is 4.79 Å². The van der Waals surface area contributed by atoms with Gasteiger partial charge in [-0.25, -0.2) is 0 Å². The van der Waals surface area contributed by atoms with E-state index < -0.39 is 0 Å². The predicted octanol–water partition coefficient (Wildman–Crippen LogP) is 2.01. The summed E-state index contributed by atoms with van der Waals surface area (Å²) in [6.07, 6.45) is 0. The van der Waals surface area contributed by atoms with E-state index in [0.717, 1.165) is 5.75 Å². The molecule has 6 nitrogen and oxygen atoms in total. The third kappa shape index (κ3) is 6.55. The first-order chi connectivity index (χ1) is 12.2. The van der Waals surface area contributed by atoms with Gasteiger partial charge in [0.25, 0.3) is 11.8 Å². The fourth-order valence-corrected chi connectivity index (χ4v) is 2.07. The van der Waals surface area contributed by atoms with Crippen molar-refractivity contribution < 1.29 is 19.1 Å². The van der Waals surface area contributed by atoms with Gasteiger partial charge in [-0.05, 0) is 43.3 Å². The van der Waals surface area contributed by atoms with E-state index in [4.69, 9.17) is 9.47 Å². The van der Waals surface area contributed by atoms with Crippen molar-refractivity contribution in [3.05, 3.63) is 60.2 Å². The maximum Gasteiger partial charge on any atom is 0.258 e. The highest BCUT2D eigenvalue weighted by Gasteiger charge is 2.06. The molecule has 0 spiro atoms. The maximum atomic E-state index is 12.0. The van der Waals surface area contributed by atoms with Crippen molar-refractivity contribution in [3.8, 4) is 11.5 Å². The zero-order chi connectivity index (χ0) is 17.9. The summed E-state index contributed by atoms with van der Waals surface area (Å²) in [5.74, 6) is 0.934. The van der Waals surface area contributed by atoms with Gasteiger partial charge in [-0.2, -0.15) is 0 Å². The average molecular weight is 342 g/mol. The number of para-hydroxylation sites is 1. The molecule has 0 aromatic heterocycles. The number of amides is 2. The van der Waals surface area contributed by atoms with Crippen LogP contribution in [0.3, 0.4) is 0 Å². The lowest BCUT2D eigenvalue weighted by molar-refractivity contribution is -0.123. The predicted molar refractivity (Wildman–Crippen MR) is 94.9 cm³/mol. The van der Waals surface area contributed by atoms with E-state index >= 15 is 0 Å². The van der Waals surface area contributed by atoms with Gasteiger partial charge >= 0.3 is 0 Å². The van der Waals surface area contributed by atoms with E-state index in [9.17, 15) is 9.59 Å². The number of hydrogen-bond donors (Lipinski definition) is 2. The van der Waals surface area contributed by atoms with Crippen LogP contribution in [0.2, 0.25) is 0 Å². The first-order valence-electron chi connectivity index (χ1n) is 8.14. The Hall–Kier alpha value is -3.02. The molecule has 0 saturated carbocycles. The van der Waals surface area contributed by atoms with Gasteiger partial charge in [0.05, 0.1) is 6.61 Å². The number of hydrogen-bond acceptors (Lipinski definition) is 4. The molecule has 132 valence electrons. The van der Waals surface area contributed by atoms with Crippen LogP contribution >= 0.6 is 0 Å². The molecule has 2 N–H and O–H groups in total. The standard InChI is InChI=1S/C19H22N2O4/c1-2-24-17-10-8-15(9-11-17)19(23)21-13-12-20-18(22)14-25-16-6-4-3-5-7-16/h3-11H,2,12-14H2,1H3,(H,20,22)(H,21,23). The lowest BCUT2D eigenvalue weighted by Gasteiger charge is -2.09. The second-order valence-electron chi connectivity index (χ2n) is 5.16. The summed E-state index contributed by atoms with van der Waals surface area (Å²) in [4.78, 5) is 23.6. The minimum Gasteiger partial charge on any atom is -0.494 e. The summed E-state index contributed by atoms with van der Waals surface area (Å²) in [5.41, 5.74) is 0.544. The van der Waals surface area contributed by atoms with Crippen molar-refractivity contribution in [1.29, 1.82) is 0 Å². The monoisotopic (exact) mass is 342 g/mol. The van der Waals surface area contributed by atoms with E-state index in [1.807, 2.05) is 25.1 Å². The first-order valence-corrected chi connectivity index (χ1v) is 8.14. The number of rotatable bonds is 9. The van der Waals surface area contributed by atoms with Crippen molar-refractivity contribution in [1.82, 2.24) is 10.6 Å². The Kier molecular flexibility index (Phi) is 7.31. The number of ether oxygens (including phenoxy) is 2. The van der Waals surface area contributed by atoms with Crippen molar-refractivity contribution in [2.45, 2.75) is 6.92 Å². The van der Waals surface area contributed by atoms with Crippen LogP contribution in [0.4, 0.5) is 0 Å². The molecule has 0 aliphatic heterocycles. The molecule has 2 aromatic rings. The first kappa shape index (κ1) is 18.3. The van der Waals surface area contributed by atoms with Gasteiger partial charge in [0.1, 0.15) is 11.5 Å². The molecule has 0 fully saturated rings. The molecular formula is C19H22N2O4. The van der Waals surface area contributed by atoms with Gasteiger partial charge < -0.3 is 20.1 Å². The third-order valence-corrected chi connectivity index (χ3v) is 3.27. The zero-order valence-corrected chi connectivity index (χ0v) is 14.2. The van der Waals surface area contributed by atoms with Gasteiger partial charge in [0.15, 0.2) is 6.61 Å². The summed E-state index contributed by atoms with van der Waals surface area (Å²) in [7, 11) is 0. The Labute approximate surface area is 147 Å². The Morgan fingerprint density at radius 1 is 0.840 bits per heavy atom. The Balaban J connectivity index is 1.63. The number of benzene rings is 2. The molecule has 2 rings (SSSR count). The van der Waals surface area contributed by atoms with Crippen LogP contribution in [0.25, 0.3) is 0 Å². The summed E-state index contributed by atoms with van der Waals surface area (Å²) in [5, 5.41) is 5.43. The molecule has 2 amide bonds. The molecule has 6 heteroatoms. The van der Waals surface area contributed by atoms with Gasteiger partial charge in [-0.3, -0.25) is 9.59 Å². The highest BCUT2D eigenvalue weighted by atomic mass is 16.5. The normalized spacial score (nSPS) is 9.96. The molecule has 0 unspecified atom stereocenters. The minimum atomic E-state index is -0.237. The number of carbonyl (C=O) groups excluding carboxylic acids is 2. The number of carbonyl (C=O) groups is 2. The molecule has 0 aliphatic carbocycles. The quantitative estimate of drug-likeness (QED) is 0.684. The highest BCUT2D eigenvalue weighted by Crippen LogP contribution is 2.11. The molecule has 25 heavy (non-hydrogen) atoms. The van der Waals surface area contributed by atoms with Gasteiger partial charge in [0, 0.05) is 18.7 Å². The molecule has 0 aliphatic rings. The molecule has 0 bridgehead atoms. The third-order valence-electron chi connectivity index (χ3n) is 3.27. The van der Waals surface area contributed by atoms with Crippen LogP contribution in [0, 0.1) is 0 Å². The molecule has 0 radical (unpaired) electrons. The van der Waals surface area contributed by atoms with Crippen molar-refractivity contribution in [3.63, 3.8) is 0 Å². The van der Waals surface area contributed by atoms with Crippen molar-refractivity contribution in [2.24, 2.45) is 0 Å². The van der Waals surface area contributed by atoms with Crippen LogP contribution in [0.5, 0.6) is 11.5 Å². The fraction of sp³-hybridized carbons (Fsp3) is 0.263. The van der Waals surface area contributed by atoms with Crippen LogP contribution in [-0.4, -0.2) is 38.1 Å². The van der Waals surface area contributed by atoms with Crippen molar-refractivity contribution >= 4 is 11.8 Å². The smallest absolute Gasteiger partial charge is 0.258 e. The van der Waals surface area contributed by atoms with E-state index in [1.165, 1.54) is 0 Å². The SMILES string of the molecule is CCOc1ccc(C(=O)NCCNC(=O)COc2ccccc2)cc1. The minimum absolute atomic E-state index is 0.0587. The number of nitrogens with one attached hydrogen (secondary N) is 2. The zero-order valence-electron chi connectivity index (χ0n) is 14.2. The summed E-state index contributed by atoms with van der Waals surface area (Å²) < 4.78 is 10.7. The fourth-order valence-electron chi connectivity index (χ4n) is 2.07. The molecule has 0 atom stereocenters. The summed E-state index contributed by atoms with van der Waals surface area (Å²) in [6.45, 7) is 3.10. The lowest BCUT2D eigenvalue weighted by Crippen LogP contribution is -2.36. The Morgan fingerprint density at radius 3 is 2.16 bits per heavy atom. The van der Waals surface area contributed by atoms with Gasteiger partial charge in [-0.15, -0.1) is 0 Å². The topological polar surface area (TPSA) is 76.7 Å². The second-order valence-corrected chi connectivity index (χ2v) is 5.16. The van der Waals surface area contributed by atoms with E-state index in [1.54, 1.807) is 36.4 Å².